The lowest BCUT2D eigenvalue weighted by Crippen LogP contribution is -2.70. The van der Waals surface area contributed by atoms with E-state index in [9.17, 15) is 22.8 Å². The monoisotopic (exact) mass is 544 g/mol. The highest BCUT2D eigenvalue weighted by atomic mass is 19.4. The number of hydrogen-bond acceptors (Lipinski definition) is 5. The zero-order valence-corrected chi connectivity index (χ0v) is 21.5. The average molecular weight is 545 g/mol. The molecular formula is C27H31F3N6O3. The molecule has 3 amide bonds. The molecule has 5 aliphatic rings. The lowest BCUT2D eigenvalue weighted by atomic mass is 9.56. The highest BCUT2D eigenvalue weighted by molar-refractivity contribution is 5.95. The molecule has 7 rings (SSSR count). The van der Waals surface area contributed by atoms with Crippen molar-refractivity contribution in [2.45, 2.75) is 63.1 Å². The first-order valence-corrected chi connectivity index (χ1v) is 13.6. The Balaban J connectivity index is 0.860. The second-order valence-corrected chi connectivity index (χ2v) is 12.7. The van der Waals surface area contributed by atoms with Gasteiger partial charge in [0.15, 0.2) is 5.82 Å². The van der Waals surface area contributed by atoms with E-state index in [1.165, 1.54) is 25.0 Å². The first-order chi connectivity index (χ1) is 18.5. The summed E-state index contributed by atoms with van der Waals surface area (Å²) in [6.07, 6.45) is 2.02. The number of alkyl halides is 3. The molecule has 3 N–H and O–H groups in total. The van der Waals surface area contributed by atoms with Crippen LogP contribution >= 0.6 is 0 Å². The molecule has 0 atom stereocenters. The SMILES string of the molecule is NC(=O)c1ccc(CC2CC3(C2)CN(C(=O)N2CC4(CC(c5n[nH]c(C6CC6)n5)C4)C2)C3)cc1OC(F)(F)F. The summed E-state index contributed by atoms with van der Waals surface area (Å²) < 4.78 is 42.3. The van der Waals surface area contributed by atoms with Crippen molar-refractivity contribution in [2.75, 3.05) is 26.2 Å². The van der Waals surface area contributed by atoms with Crippen LogP contribution in [0.15, 0.2) is 18.2 Å². The number of aromatic nitrogens is 3. The summed E-state index contributed by atoms with van der Waals surface area (Å²) in [5.41, 5.74) is 5.92. The number of hydrogen-bond donors (Lipinski definition) is 2. The molecule has 1 aromatic carbocycles. The van der Waals surface area contributed by atoms with E-state index < -0.39 is 18.0 Å². The van der Waals surface area contributed by atoms with Gasteiger partial charge in [-0.1, -0.05) is 6.07 Å². The number of benzene rings is 1. The van der Waals surface area contributed by atoms with Gasteiger partial charge in [0.05, 0.1) is 5.56 Å². The minimum absolute atomic E-state index is 0.114. The van der Waals surface area contributed by atoms with E-state index in [4.69, 9.17) is 10.7 Å². The van der Waals surface area contributed by atoms with Crippen molar-refractivity contribution in [3.8, 4) is 5.75 Å². The number of halogens is 3. The van der Waals surface area contributed by atoms with E-state index in [1.807, 2.05) is 9.80 Å². The van der Waals surface area contributed by atoms with E-state index in [1.54, 1.807) is 6.07 Å². The number of nitrogens with one attached hydrogen (secondary N) is 1. The molecule has 3 heterocycles. The fourth-order valence-corrected chi connectivity index (χ4v) is 7.44. The van der Waals surface area contributed by atoms with Gasteiger partial charge in [-0.05, 0) is 68.6 Å². The van der Waals surface area contributed by atoms with E-state index in [-0.39, 0.29) is 22.4 Å². The second kappa shape index (κ2) is 8.34. The minimum atomic E-state index is -4.90. The Labute approximate surface area is 223 Å². The van der Waals surface area contributed by atoms with Crippen LogP contribution in [0.3, 0.4) is 0 Å². The minimum Gasteiger partial charge on any atom is -0.405 e. The molecule has 39 heavy (non-hydrogen) atoms. The van der Waals surface area contributed by atoms with Crippen LogP contribution in [0.2, 0.25) is 0 Å². The lowest BCUT2D eigenvalue weighted by molar-refractivity contribution is -0.274. The molecule has 2 aromatic rings. The number of nitrogens with zero attached hydrogens (tertiary/aromatic N) is 4. The number of aromatic amines is 1. The van der Waals surface area contributed by atoms with Crippen molar-refractivity contribution in [1.82, 2.24) is 25.0 Å². The molecule has 0 bridgehead atoms. The molecule has 208 valence electrons. The van der Waals surface area contributed by atoms with Crippen LogP contribution in [0, 0.1) is 16.7 Å². The van der Waals surface area contributed by atoms with Crippen molar-refractivity contribution in [3.63, 3.8) is 0 Å². The molecule has 9 nitrogen and oxygen atoms in total. The van der Waals surface area contributed by atoms with Crippen LogP contribution in [0.25, 0.3) is 0 Å². The lowest BCUT2D eigenvalue weighted by Gasteiger charge is -2.63. The molecular weight excluding hydrogens is 513 g/mol. The number of carbonyl (C=O) groups excluding carboxylic acids is 2. The van der Waals surface area contributed by atoms with Crippen LogP contribution in [-0.2, 0) is 6.42 Å². The molecule has 3 aliphatic carbocycles. The molecule has 1 aromatic heterocycles. The van der Waals surface area contributed by atoms with E-state index >= 15 is 0 Å². The Hall–Kier alpha value is -3.31. The smallest absolute Gasteiger partial charge is 0.405 e. The maximum absolute atomic E-state index is 13.0. The highest BCUT2D eigenvalue weighted by Gasteiger charge is 2.58. The van der Waals surface area contributed by atoms with Gasteiger partial charge < -0.3 is 20.3 Å². The van der Waals surface area contributed by atoms with Gasteiger partial charge in [0.25, 0.3) is 5.91 Å². The Morgan fingerprint density at radius 1 is 1.03 bits per heavy atom. The number of nitrogens with two attached hydrogens (primary N) is 1. The van der Waals surface area contributed by atoms with Crippen molar-refractivity contribution in [2.24, 2.45) is 22.5 Å². The van der Waals surface area contributed by atoms with Crippen molar-refractivity contribution < 1.29 is 27.5 Å². The summed E-state index contributed by atoms with van der Waals surface area (Å²) in [7, 11) is 0. The number of urea groups is 1. The summed E-state index contributed by atoms with van der Waals surface area (Å²) in [5.74, 6) is 1.72. The molecule has 3 saturated carbocycles. The van der Waals surface area contributed by atoms with Crippen LogP contribution in [0.4, 0.5) is 18.0 Å². The summed E-state index contributed by atoms with van der Waals surface area (Å²) in [4.78, 5) is 33.0. The molecule has 5 fully saturated rings. The predicted octanol–water partition coefficient (Wildman–Crippen LogP) is 3.93. The Morgan fingerprint density at radius 2 is 1.67 bits per heavy atom. The van der Waals surface area contributed by atoms with E-state index in [0.29, 0.717) is 29.7 Å². The van der Waals surface area contributed by atoms with Gasteiger partial charge in [0, 0.05) is 48.8 Å². The van der Waals surface area contributed by atoms with Gasteiger partial charge in [0.2, 0.25) is 0 Å². The predicted molar refractivity (Wildman–Crippen MR) is 132 cm³/mol. The average Bonchev–Trinajstić information content (AvgIpc) is 3.49. The van der Waals surface area contributed by atoms with Gasteiger partial charge in [-0.2, -0.15) is 5.10 Å². The number of carbonyl (C=O) groups is 2. The Morgan fingerprint density at radius 3 is 2.26 bits per heavy atom. The summed E-state index contributed by atoms with van der Waals surface area (Å²) in [6, 6.07) is 4.29. The molecule has 12 heteroatoms. The third-order valence-corrected chi connectivity index (χ3v) is 9.36. The standard InChI is InChI=1S/C27H31F3N6O3/c28-27(29,30)39-20-6-15(1-4-19(20)21(31)37)5-16-7-25(8-16)11-35(12-25)24(38)36-13-26(14-36)9-18(10-26)23-32-22(33-34-23)17-2-3-17/h1,4,6,16-18H,2-3,5,7-14H2,(H2,31,37)(H,32,33,34). The largest absolute Gasteiger partial charge is 0.573 e. The number of amides is 3. The van der Waals surface area contributed by atoms with Crippen molar-refractivity contribution in [1.29, 1.82) is 0 Å². The van der Waals surface area contributed by atoms with E-state index in [0.717, 1.165) is 63.5 Å². The van der Waals surface area contributed by atoms with Crippen molar-refractivity contribution >= 4 is 11.9 Å². The van der Waals surface area contributed by atoms with Gasteiger partial charge in [-0.3, -0.25) is 9.89 Å². The third kappa shape index (κ3) is 4.51. The number of ether oxygens (including phenoxy) is 1. The number of rotatable bonds is 6. The number of primary amides is 1. The summed E-state index contributed by atoms with van der Waals surface area (Å²) in [6.45, 7) is 3.08. The van der Waals surface area contributed by atoms with Crippen LogP contribution in [0.1, 0.15) is 77.9 Å². The zero-order chi connectivity index (χ0) is 27.2. The fraction of sp³-hybridized carbons (Fsp3) is 0.630. The first-order valence-electron chi connectivity index (χ1n) is 13.6. The number of H-pyrrole nitrogens is 1. The maximum atomic E-state index is 13.0. The zero-order valence-electron chi connectivity index (χ0n) is 21.5. The van der Waals surface area contributed by atoms with Crippen LogP contribution in [-0.4, -0.2) is 69.5 Å². The second-order valence-electron chi connectivity index (χ2n) is 12.7. The van der Waals surface area contributed by atoms with Gasteiger partial charge in [-0.25, -0.2) is 9.78 Å². The maximum Gasteiger partial charge on any atom is 0.573 e. The molecule has 0 radical (unpaired) electrons. The fourth-order valence-electron chi connectivity index (χ4n) is 7.44. The van der Waals surface area contributed by atoms with Crippen LogP contribution < -0.4 is 10.5 Å². The first kappa shape index (κ1) is 24.7. The summed E-state index contributed by atoms with van der Waals surface area (Å²) >= 11 is 0. The van der Waals surface area contributed by atoms with Gasteiger partial charge >= 0.3 is 12.4 Å². The quantitative estimate of drug-likeness (QED) is 0.572. The highest BCUT2D eigenvalue weighted by Crippen LogP contribution is 2.57. The van der Waals surface area contributed by atoms with Gasteiger partial charge in [-0.15, -0.1) is 13.2 Å². The topological polar surface area (TPSA) is 117 Å². The van der Waals surface area contributed by atoms with Crippen LogP contribution in [0.5, 0.6) is 5.75 Å². The van der Waals surface area contributed by atoms with Gasteiger partial charge in [0.1, 0.15) is 11.6 Å². The molecule has 2 saturated heterocycles. The Kier molecular flexibility index (Phi) is 5.29. The normalized spacial score (nSPS) is 23.7. The van der Waals surface area contributed by atoms with E-state index in [2.05, 4.69) is 14.9 Å². The summed E-state index contributed by atoms with van der Waals surface area (Å²) in [5, 5.41) is 7.52. The molecule has 2 spiro atoms. The van der Waals surface area contributed by atoms with Crippen molar-refractivity contribution in [3.05, 3.63) is 41.0 Å². The molecule has 2 aliphatic heterocycles. The Bertz CT molecular complexity index is 1310. The molecule has 0 unspecified atom stereocenters. The number of likely N-dealkylation sites (tertiary alicyclic amines) is 2. The third-order valence-electron chi connectivity index (χ3n) is 9.36.